The summed E-state index contributed by atoms with van der Waals surface area (Å²) in [4.78, 5) is 3.90. The van der Waals surface area contributed by atoms with Crippen molar-refractivity contribution in [1.82, 2.24) is 19.7 Å². The number of pyridine rings is 1. The van der Waals surface area contributed by atoms with Crippen LogP contribution in [-0.4, -0.2) is 25.9 Å². The Morgan fingerprint density at radius 2 is 1.85 bits per heavy atom. The molecule has 4 nitrogen and oxygen atoms in total. The van der Waals surface area contributed by atoms with Crippen LogP contribution in [-0.2, 0) is 12.8 Å². The Balaban J connectivity index is 1.80. The Morgan fingerprint density at radius 1 is 1.07 bits per heavy atom. The molecule has 0 N–H and O–H groups in total. The van der Waals surface area contributed by atoms with Gasteiger partial charge in [0.1, 0.15) is 17.5 Å². The summed E-state index contributed by atoms with van der Waals surface area (Å²) in [7, 11) is 0. The molecule has 3 aromatic rings. The Hall–Kier alpha value is -2.77. The topological polar surface area (TPSA) is 43.6 Å². The molecule has 0 aliphatic carbocycles. The van der Waals surface area contributed by atoms with E-state index >= 15 is 0 Å². The fraction of sp³-hybridized carbons (Fsp3) is 0.316. The molecular weight excluding hydrogens is 360 g/mol. The van der Waals surface area contributed by atoms with Gasteiger partial charge in [0.05, 0.1) is 11.6 Å². The molecular formula is C19H16F4N4. The minimum atomic E-state index is -4.38. The van der Waals surface area contributed by atoms with Crippen molar-refractivity contribution < 1.29 is 17.6 Å². The van der Waals surface area contributed by atoms with Gasteiger partial charge in [-0.15, -0.1) is 10.2 Å². The maximum atomic E-state index is 14.9. The molecule has 4 rings (SSSR count). The Morgan fingerprint density at radius 3 is 2.59 bits per heavy atom. The van der Waals surface area contributed by atoms with Crippen LogP contribution in [0, 0.1) is 12.7 Å². The lowest BCUT2D eigenvalue weighted by Gasteiger charge is -2.21. The summed E-state index contributed by atoms with van der Waals surface area (Å²) in [6.07, 6.45) is -0.493. The Labute approximate surface area is 152 Å². The SMILES string of the molecule is Cc1nnc2n1-c1cc(F)c(-c3cncc([C@@H](C)C(F)(F)F)c3)cc1CC2. The zero-order chi connectivity index (χ0) is 19.3. The quantitative estimate of drug-likeness (QED) is 0.617. The summed E-state index contributed by atoms with van der Waals surface area (Å²) >= 11 is 0. The highest BCUT2D eigenvalue weighted by molar-refractivity contribution is 5.68. The molecule has 0 radical (unpaired) electrons. The van der Waals surface area contributed by atoms with Gasteiger partial charge in [0.25, 0.3) is 0 Å². The largest absolute Gasteiger partial charge is 0.395 e. The number of aromatic nitrogens is 4. The van der Waals surface area contributed by atoms with E-state index in [9.17, 15) is 17.6 Å². The van der Waals surface area contributed by atoms with E-state index in [2.05, 4.69) is 15.2 Å². The highest BCUT2D eigenvalue weighted by atomic mass is 19.4. The molecule has 0 spiro atoms. The van der Waals surface area contributed by atoms with E-state index in [1.165, 1.54) is 24.5 Å². The van der Waals surface area contributed by atoms with Gasteiger partial charge < -0.3 is 0 Å². The molecule has 1 aromatic carbocycles. The molecule has 0 fully saturated rings. The van der Waals surface area contributed by atoms with Crippen LogP contribution in [0.2, 0.25) is 0 Å². The predicted octanol–water partition coefficient (Wildman–Crippen LogP) is 4.54. The van der Waals surface area contributed by atoms with Gasteiger partial charge >= 0.3 is 6.18 Å². The molecule has 1 aliphatic rings. The van der Waals surface area contributed by atoms with Crippen LogP contribution in [0.4, 0.5) is 17.6 Å². The number of hydrogen-bond acceptors (Lipinski definition) is 3. The number of benzene rings is 1. The van der Waals surface area contributed by atoms with E-state index in [1.54, 1.807) is 13.0 Å². The maximum Gasteiger partial charge on any atom is 0.395 e. The van der Waals surface area contributed by atoms with Gasteiger partial charge in [0, 0.05) is 29.9 Å². The first-order chi connectivity index (χ1) is 12.8. The third kappa shape index (κ3) is 2.98. The van der Waals surface area contributed by atoms with Gasteiger partial charge in [-0.05, 0) is 49.6 Å². The third-order valence-corrected chi connectivity index (χ3v) is 4.98. The molecule has 27 heavy (non-hydrogen) atoms. The van der Waals surface area contributed by atoms with Crippen LogP contribution >= 0.6 is 0 Å². The molecule has 0 saturated heterocycles. The molecule has 8 heteroatoms. The van der Waals surface area contributed by atoms with Crippen molar-refractivity contribution in [1.29, 1.82) is 0 Å². The molecule has 0 unspecified atom stereocenters. The van der Waals surface area contributed by atoms with Gasteiger partial charge in [0.2, 0.25) is 0 Å². The fourth-order valence-corrected chi connectivity index (χ4v) is 3.40. The van der Waals surface area contributed by atoms with Crippen molar-refractivity contribution in [2.24, 2.45) is 0 Å². The lowest BCUT2D eigenvalue weighted by atomic mass is 9.94. The summed E-state index contributed by atoms with van der Waals surface area (Å²) in [6.45, 7) is 2.86. The van der Waals surface area contributed by atoms with Crippen LogP contribution in [0.5, 0.6) is 0 Å². The van der Waals surface area contributed by atoms with Crippen molar-refractivity contribution >= 4 is 0 Å². The Bertz CT molecular complexity index is 1020. The number of aryl methyl sites for hydroxylation is 3. The smallest absolute Gasteiger partial charge is 0.283 e. The van der Waals surface area contributed by atoms with E-state index in [0.717, 1.165) is 18.3 Å². The van der Waals surface area contributed by atoms with Crippen LogP contribution in [0.25, 0.3) is 16.8 Å². The molecule has 2 aromatic heterocycles. The summed E-state index contributed by atoms with van der Waals surface area (Å²) in [5.74, 6) is -0.753. The summed E-state index contributed by atoms with van der Waals surface area (Å²) in [5.41, 5.74) is 2.15. The molecule has 3 heterocycles. The molecule has 0 saturated carbocycles. The number of hydrogen-bond donors (Lipinski definition) is 0. The van der Waals surface area contributed by atoms with Gasteiger partial charge in [-0.1, -0.05) is 0 Å². The summed E-state index contributed by atoms with van der Waals surface area (Å²) < 4.78 is 55.7. The second-order valence-corrected chi connectivity index (χ2v) is 6.73. The Kier molecular flexibility index (Phi) is 4.01. The van der Waals surface area contributed by atoms with Crippen molar-refractivity contribution in [2.45, 2.75) is 38.8 Å². The number of nitrogens with zero attached hydrogens (tertiary/aromatic N) is 4. The van der Waals surface area contributed by atoms with Crippen LogP contribution in [0.3, 0.4) is 0 Å². The van der Waals surface area contributed by atoms with Crippen LogP contribution < -0.4 is 0 Å². The summed E-state index contributed by atoms with van der Waals surface area (Å²) in [5, 5.41) is 8.13. The molecule has 1 aliphatic heterocycles. The first-order valence-corrected chi connectivity index (χ1v) is 8.51. The zero-order valence-corrected chi connectivity index (χ0v) is 14.7. The van der Waals surface area contributed by atoms with Gasteiger partial charge in [0.15, 0.2) is 0 Å². The van der Waals surface area contributed by atoms with Gasteiger partial charge in [-0.3, -0.25) is 9.55 Å². The van der Waals surface area contributed by atoms with Crippen molar-refractivity contribution in [3.63, 3.8) is 0 Å². The van der Waals surface area contributed by atoms with Gasteiger partial charge in [-0.25, -0.2) is 4.39 Å². The minimum Gasteiger partial charge on any atom is -0.283 e. The number of rotatable bonds is 2. The second kappa shape index (κ2) is 6.14. The van der Waals surface area contributed by atoms with Crippen molar-refractivity contribution in [3.8, 4) is 16.8 Å². The monoisotopic (exact) mass is 376 g/mol. The minimum absolute atomic E-state index is 0.00839. The first-order valence-electron chi connectivity index (χ1n) is 8.51. The third-order valence-electron chi connectivity index (χ3n) is 4.98. The van der Waals surface area contributed by atoms with E-state index < -0.39 is 17.9 Å². The molecule has 1 atom stereocenters. The average Bonchev–Trinajstić information content (AvgIpc) is 3.01. The van der Waals surface area contributed by atoms with Crippen molar-refractivity contribution in [3.05, 3.63) is 59.2 Å². The number of fused-ring (bicyclic) bond motifs is 3. The lowest BCUT2D eigenvalue weighted by molar-refractivity contribution is -0.146. The van der Waals surface area contributed by atoms with E-state index in [-0.39, 0.29) is 11.1 Å². The highest BCUT2D eigenvalue weighted by Gasteiger charge is 2.37. The maximum absolute atomic E-state index is 14.9. The molecule has 0 bridgehead atoms. The fourth-order valence-electron chi connectivity index (χ4n) is 3.40. The van der Waals surface area contributed by atoms with Crippen LogP contribution in [0.1, 0.15) is 35.6 Å². The predicted molar refractivity (Wildman–Crippen MR) is 91.2 cm³/mol. The first kappa shape index (κ1) is 17.6. The standard InChI is InChI=1S/C19H16F4N4/c1-10(19(21,22)23)13-5-14(9-24-8-13)15-6-12-3-4-18-26-25-11(2)27(18)17(12)7-16(15)20/h5-10H,3-4H2,1-2H3/t10-/m1/s1. The normalized spacial score (nSPS) is 14.6. The molecule has 0 amide bonds. The highest BCUT2D eigenvalue weighted by Crippen LogP contribution is 2.37. The van der Waals surface area contributed by atoms with E-state index in [1.807, 2.05) is 4.57 Å². The summed E-state index contributed by atoms with van der Waals surface area (Å²) in [6, 6.07) is 4.43. The average molecular weight is 376 g/mol. The zero-order valence-electron chi connectivity index (χ0n) is 14.7. The van der Waals surface area contributed by atoms with E-state index in [4.69, 9.17) is 0 Å². The second-order valence-electron chi connectivity index (χ2n) is 6.73. The molecule has 140 valence electrons. The lowest BCUT2D eigenvalue weighted by Crippen LogP contribution is -2.18. The van der Waals surface area contributed by atoms with Crippen LogP contribution in [0.15, 0.2) is 30.6 Å². The van der Waals surface area contributed by atoms with Gasteiger partial charge in [-0.2, -0.15) is 13.2 Å². The number of halogens is 4. The number of alkyl halides is 3. The van der Waals surface area contributed by atoms with Crippen molar-refractivity contribution in [2.75, 3.05) is 0 Å². The van der Waals surface area contributed by atoms with E-state index in [0.29, 0.717) is 29.9 Å².